The van der Waals surface area contributed by atoms with Crippen molar-refractivity contribution in [2.45, 2.75) is 45.4 Å². The predicted octanol–water partition coefficient (Wildman–Crippen LogP) is 1.24. The van der Waals surface area contributed by atoms with E-state index < -0.39 is 5.41 Å². The zero-order valence-electron chi connectivity index (χ0n) is 13.1. The Hall–Kier alpha value is -1.30. The molecule has 1 aliphatic heterocycles. The van der Waals surface area contributed by atoms with E-state index >= 15 is 0 Å². The summed E-state index contributed by atoms with van der Waals surface area (Å²) in [4.78, 5) is 17.3. The molecule has 2 fully saturated rings. The molecule has 1 aliphatic carbocycles. The second-order valence-electron chi connectivity index (χ2n) is 6.21. The molecule has 6 heteroatoms. The summed E-state index contributed by atoms with van der Waals surface area (Å²) in [5, 5.41) is 12.4. The molecule has 3 N–H and O–H groups in total. The zero-order valence-corrected chi connectivity index (χ0v) is 13.1. The van der Waals surface area contributed by atoms with Crippen molar-refractivity contribution in [3.8, 4) is 0 Å². The highest BCUT2D eigenvalue weighted by Gasteiger charge is 2.45. The van der Waals surface area contributed by atoms with E-state index in [4.69, 9.17) is 10.9 Å². The normalized spacial score (nSPS) is 24.6. The Labute approximate surface area is 127 Å². The first-order valence-corrected chi connectivity index (χ1v) is 8.14. The van der Waals surface area contributed by atoms with Gasteiger partial charge in [0.2, 0.25) is 5.91 Å². The minimum Gasteiger partial charge on any atom is -0.409 e. The number of nitrogens with two attached hydrogens (primary N) is 1. The Kier molecular flexibility index (Phi) is 5.45. The van der Waals surface area contributed by atoms with Crippen LogP contribution in [0.3, 0.4) is 0 Å². The Morgan fingerprint density at radius 1 is 1.14 bits per heavy atom. The summed E-state index contributed by atoms with van der Waals surface area (Å²) in [7, 11) is 0. The van der Waals surface area contributed by atoms with E-state index in [0.717, 1.165) is 58.4 Å². The van der Waals surface area contributed by atoms with Crippen molar-refractivity contribution in [3.63, 3.8) is 0 Å². The monoisotopic (exact) mass is 296 g/mol. The molecule has 0 bridgehead atoms. The molecule has 120 valence electrons. The van der Waals surface area contributed by atoms with Gasteiger partial charge in [0, 0.05) is 26.2 Å². The second-order valence-corrected chi connectivity index (χ2v) is 6.21. The highest BCUT2D eigenvalue weighted by molar-refractivity contribution is 6.06. The maximum Gasteiger partial charge on any atom is 0.236 e. The van der Waals surface area contributed by atoms with Gasteiger partial charge in [-0.3, -0.25) is 4.79 Å². The summed E-state index contributed by atoms with van der Waals surface area (Å²) >= 11 is 0. The van der Waals surface area contributed by atoms with Crippen LogP contribution in [0.1, 0.15) is 45.4 Å². The minimum atomic E-state index is -0.778. The molecule has 1 saturated heterocycles. The van der Waals surface area contributed by atoms with Crippen LogP contribution in [0.5, 0.6) is 0 Å². The largest absolute Gasteiger partial charge is 0.409 e. The van der Waals surface area contributed by atoms with E-state index in [1.54, 1.807) is 0 Å². The first-order valence-electron chi connectivity index (χ1n) is 8.14. The van der Waals surface area contributed by atoms with Crippen LogP contribution in [-0.2, 0) is 4.79 Å². The molecule has 0 aromatic rings. The number of piperazine rings is 1. The van der Waals surface area contributed by atoms with Crippen molar-refractivity contribution >= 4 is 11.7 Å². The first-order chi connectivity index (χ1) is 10.1. The lowest BCUT2D eigenvalue weighted by Crippen LogP contribution is -2.56. The fraction of sp³-hybridized carbons (Fsp3) is 0.867. The predicted molar refractivity (Wildman–Crippen MR) is 82.2 cm³/mol. The first kappa shape index (κ1) is 16.1. The molecule has 0 atom stereocenters. The smallest absolute Gasteiger partial charge is 0.236 e. The van der Waals surface area contributed by atoms with Gasteiger partial charge >= 0.3 is 0 Å². The molecule has 6 nitrogen and oxygen atoms in total. The fourth-order valence-corrected chi connectivity index (χ4v) is 3.58. The molecule has 1 saturated carbocycles. The molecule has 1 heterocycles. The van der Waals surface area contributed by atoms with Crippen LogP contribution in [-0.4, -0.2) is 59.5 Å². The van der Waals surface area contributed by atoms with Crippen molar-refractivity contribution in [1.29, 1.82) is 0 Å². The lowest BCUT2D eigenvalue weighted by atomic mass is 9.77. The summed E-state index contributed by atoms with van der Waals surface area (Å²) in [5.41, 5.74) is 5.18. The highest BCUT2D eigenvalue weighted by Crippen LogP contribution is 2.37. The van der Waals surface area contributed by atoms with Crippen LogP contribution >= 0.6 is 0 Å². The third kappa shape index (κ3) is 3.31. The number of hydrogen-bond acceptors (Lipinski definition) is 4. The molecule has 1 amide bonds. The summed E-state index contributed by atoms with van der Waals surface area (Å²) in [5.74, 6) is 0.169. The average Bonchev–Trinajstić information content (AvgIpc) is 2.80. The third-order valence-corrected chi connectivity index (χ3v) is 5.07. The van der Waals surface area contributed by atoms with Crippen LogP contribution in [0.25, 0.3) is 0 Å². The van der Waals surface area contributed by atoms with Crippen molar-refractivity contribution in [2.75, 3.05) is 32.7 Å². The van der Waals surface area contributed by atoms with E-state index in [1.165, 1.54) is 0 Å². The van der Waals surface area contributed by atoms with Crippen molar-refractivity contribution in [3.05, 3.63) is 0 Å². The third-order valence-electron chi connectivity index (χ3n) is 5.07. The number of likely N-dealkylation sites (N-methyl/N-ethyl adjacent to an activating group) is 1. The number of amides is 1. The Morgan fingerprint density at radius 2 is 1.71 bits per heavy atom. The molecule has 0 radical (unpaired) electrons. The SMILES string of the molecule is CCN1CCN(C(=O)C2(C(N)=NO)CCCCCC2)CC1. The molecule has 0 spiro atoms. The second kappa shape index (κ2) is 7.11. The van der Waals surface area contributed by atoms with Crippen LogP contribution in [0, 0.1) is 5.41 Å². The quantitative estimate of drug-likeness (QED) is 0.270. The van der Waals surface area contributed by atoms with Gasteiger partial charge in [-0.05, 0) is 19.4 Å². The number of carbonyl (C=O) groups excluding carboxylic acids is 1. The maximum absolute atomic E-state index is 13.1. The number of rotatable bonds is 3. The number of amidine groups is 1. The molecule has 2 rings (SSSR count). The van der Waals surface area contributed by atoms with Crippen molar-refractivity contribution in [1.82, 2.24) is 9.80 Å². The number of carbonyl (C=O) groups is 1. The molecule has 0 unspecified atom stereocenters. The van der Waals surface area contributed by atoms with Crippen LogP contribution in [0.15, 0.2) is 5.16 Å². The van der Waals surface area contributed by atoms with E-state index in [2.05, 4.69) is 17.0 Å². The summed E-state index contributed by atoms with van der Waals surface area (Å²) in [6, 6.07) is 0. The van der Waals surface area contributed by atoms with E-state index in [0.29, 0.717) is 12.8 Å². The standard InChI is InChI=1S/C15H28N4O2/c1-2-18-9-11-19(12-10-18)14(20)15(13(16)17-21)7-5-3-4-6-8-15/h21H,2-12H2,1H3,(H2,16,17). The van der Waals surface area contributed by atoms with Gasteiger partial charge in [-0.1, -0.05) is 37.8 Å². The minimum absolute atomic E-state index is 0.0652. The van der Waals surface area contributed by atoms with Gasteiger partial charge < -0.3 is 20.7 Å². The van der Waals surface area contributed by atoms with Gasteiger partial charge in [0.05, 0.1) is 0 Å². The van der Waals surface area contributed by atoms with Crippen molar-refractivity contribution < 1.29 is 10.0 Å². The average molecular weight is 296 g/mol. The van der Waals surface area contributed by atoms with Gasteiger partial charge in [0.25, 0.3) is 0 Å². The van der Waals surface area contributed by atoms with Gasteiger partial charge in [-0.25, -0.2) is 0 Å². The van der Waals surface area contributed by atoms with Crippen LogP contribution in [0.2, 0.25) is 0 Å². The molecule has 21 heavy (non-hydrogen) atoms. The Morgan fingerprint density at radius 3 is 2.19 bits per heavy atom. The van der Waals surface area contributed by atoms with Crippen LogP contribution in [0.4, 0.5) is 0 Å². The van der Waals surface area contributed by atoms with E-state index in [-0.39, 0.29) is 11.7 Å². The maximum atomic E-state index is 13.1. The van der Waals surface area contributed by atoms with Gasteiger partial charge in [-0.2, -0.15) is 0 Å². The topological polar surface area (TPSA) is 82.2 Å². The van der Waals surface area contributed by atoms with Gasteiger partial charge in [0.1, 0.15) is 5.41 Å². The Bertz CT molecular complexity index is 381. The zero-order chi connectivity index (χ0) is 15.3. The van der Waals surface area contributed by atoms with Crippen molar-refractivity contribution in [2.24, 2.45) is 16.3 Å². The number of hydrogen-bond donors (Lipinski definition) is 2. The lowest BCUT2D eigenvalue weighted by Gasteiger charge is -2.40. The number of nitrogens with zero attached hydrogens (tertiary/aromatic N) is 3. The van der Waals surface area contributed by atoms with Crippen LogP contribution < -0.4 is 5.73 Å². The highest BCUT2D eigenvalue weighted by atomic mass is 16.4. The van der Waals surface area contributed by atoms with Gasteiger partial charge in [-0.15, -0.1) is 0 Å². The van der Waals surface area contributed by atoms with E-state index in [9.17, 15) is 4.79 Å². The summed E-state index contributed by atoms with van der Waals surface area (Å²) in [6.45, 7) is 6.47. The molecule has 2 aliphatic rings. The molecular weight excluding hydrogens is 268 g/mol. The summed E-state index contributed by atoms with van der Waals surface area (Å²) < 4.78 is 0. The van der Waals surface area contributed by atoms with E-state index in [1.807, 2.05) is 4.90 Å². The van der Waals surface area contributed by atoms with Gasteiger partial charge in [0.15, 0.2) is 5.84 Å². The molecule has 0 aromatic heterocycles. The lowest BCUT2D eigenvalue weighted by molar-refractivity contribution is -0.141. The fourth-order valence-electron chi connectivity index (χ4n) is 3.58. The summed E-state index contributed by atoms with van der Waals surface area (Å²) in [6.07, 6.45) is 5.59. The Balaban J connectivity index is 2.15. The number of oxime groups is 1. The molecular formula is C15H28N4O2. The molecule has 0 aromatic carbocycles.